The van der Waals surface area contributed by atoms with Crippen molar-refractivity contribution in [3.8, 4) is 0 Å². The zero-order chi connectivity index (χ0) is 13.1. The Morgan fingerprint density at radius 3 is 2.72 bits per heavy atom. The molecule has 0 aliphatic carbocycles. The van der Waals surface area contributed by atoms with Crippen LogP contribution in [0, 0.1) is 11.7 Å². The topological polar surface area (TPSA) is 21.3 Å². The Kier molecular flexibility index (Phi) is 5.01. The fraction of sp³-hybridized carbons (Fsp3) is 0.538. The fourth-order valence-corrected chi connectivity index (χ4v) is 2.95. The fourth-order valence-electron chi connectivity index (χ4n) is 2.48. The van der Waals surface area contributed by atoms with Crippen molar-refractivity contribution in [1.82, 2.24) is 5.32 Å². The second kappa shape index (κ2) is 6.33. The first-order chi connectivity index (χ1) is 8.65. The van der Waals surface area contributed by atoms with Gasteiger partial charge in [-0.1, -0.05) is 17.7 Å². The van der Waals surface area contributed by atoms with Crippen LogP contribution in [0.4, 0.5) is 4.39 Å². The molecule has 0 bridgehead atoms. The maximum Gasteiger partial charge on any atom is 0.147 e. The van der Waals surface area contributed by atoms with Gasteiger partial charge in [-0.05, 0) is 47.8 Å². The average molecular weight is 337 g/mol. The minimum Gasteiger partial charge on any atom is -0.381 e. The Morgan fingerprint density at radius 2 is 2.11 bits per heavy atom. The summed E-state index contributed by atoms with van der Waals surface area (Å²) in [6.07, 6.45) is 1.89. The lowest BCUT2D eigenvalue weighted by atomic mass is 9.87. The van der Waals surface area contributed by atoms with Crippen LogP contribution in [0.25, 0.3) is 0 Å². The molecule has 1 atom stereocenters. The molecule has 18 heavy (non-hydrogen) atoms. The molecular weight excluding hydrogens is 321 g/mol. The van der Waals surface area contributed by atoms with Crippen LogP contribution < -0.4 is 5.32 Å². The lowest BCUT2D eigenvalue weighted by molar-refractivity contribution is 0.0541. The molecular formula is C13H16BrClFNO. The van der Waals surface area contributed by atoms with Crippen LogP contribution in [0.15, 0.2) is 16.6 Å². The lowest BCUT2D eigenvalue weighted by Crippen LogP contribution is -2.30. The minimum absolute atomic E-state index is 0.0144. The van der Waals surface area contributed by atoms with E-state index in [4.69, 9.17) is 16.3 Å². The molecule has 1 heterocycles. The van der Waals surface area contributed by atoms with E-state index in [0.29, 0.717) is 16.0 Å². The molecule has 1 unspecified atom stereocenters. The van der Waals surface area contributed by atoms with Gasteiger partial charge in [0.1, 0.15) is 5.82 Å². The van der Waals surface area contributed by atoms with Crippen LogP contribution in [0.5, 0.6) is 0 Å². The SMILES string of the molecule is CNC(c1ccc(Br)c(Cl)c1F)C1CCOCC1. The zero-order valence-corrected chi connectivity index (χ0v) is 12.5. The molecule has 1 aromatic rings. The summed E-state index contributed by atoms with van der Waals surface area (Å²) in [5.74, 6) is 0.0485. The highest BCUT2D eigenvalue weighted by atomic mass is 79.9. The first-order valence-corrected chi connectivity index (χ1v) is 7.20. The molecule has 1 fully saturated rings. The van der Waals surface area contributed by atoms with E-state index in [1.807, 2.05) is 7.05 Å². The summed E-state index contributed by atoms with van der Waals surface area (Å²) in [7, 11) is 1.86. The number of rotatable bonds is 3. The molecule has 0 radical (unpaired) electrons. The third kappa shape index (κ3) is 2.87. The highest BCUT2D eigenvalue weighted by Crippen LogP contribution is 2.35. The monoisotopic (exact) mass is 335 g/mol. The highest BCUT2D eigenvalue weighted by Gasteiger charge is 2.27. The van der Waals surface area contributed by atoms with Gasteiger partial charge < -0.3 is 10.1 Å². The Morgan fingerprint density at radius 1 is 1.44 bits per heavy atom. The Labute approximate surface area is 120 Å². The van der Waals surface area contributed by atoms with Crippen molar-refractivity contribution in [2.75, 3.05) is 20.3 Å². The summed E-state index contributed by atoms with van der Waals surface area (Å²) in [5.41, 5.74) is 0.637. The zero-order valence-electron chi connectivity index (χ0n) is 10.2. The van der Waals surface area contributed by atoms with Gasteiger partial charge in [0.2, 0.25) is 0 Å². The van der Waals surface area contributed by atoms with Gasteiger partial charge in [0, 0.05) is 29.3 Å². The van der Waals surface area contributed by atoms with Gasteiger partial charge in [-0.15, -0.1) is 0 Å². The van der Waals surface area contributed by atoms with Gasteiger partial charge in [0.15, 0.2) is 0 Å². The van der Waals surface area contributed by atoms with E-state index in [-0.39, 0.29) is 16.9 Å². The van der Waals surface area contributed by atoms with Crippen molar-refractivity contribution < 1.29 is 9.13 Å². The molecule has 2 nitrogen and oxygen atoms in total. The van der Waals surface area contributed by atoms with E-state index in [9.17, 15) is 4.39 Å². The van der Waals surface area contributed by atoms with Crippen molar-refractivity contribution in [3.05, 3.63) is 33.0 Å². The summed E-state index contributed by atoms with van der Waals surface area (Å²) in [5, 5.41) is 3.36. The van der Waals surface area contributed by atoms with Gasteiger partial charge in [-0.2, -0.15) is 0 Å². The predicted octanol–water partition coefficient (Wildman–Crippen LogP) is 3.93. The molecule has 1 aromatic carbocycles. The second-order valence-corrected chi connectivity index (χ2v) is 5.71. The number of ether oxygens (including phenoxy) is 1. The van der Waals surface area contributed by atoms with E-state index < -0.39 is 0 Å². The number of benzene rings is 1. The molecule has 5 heteroatoms. The van der Waals surface area contributed by atoms with Crippen LogP contribution in [0.2, 0.25) is 5.02 Å². The van der Waals surface area contributed by atoms with Gasteiger partial charge >= 0.3 is 0 Å². The van der Waals surface area contributed by atoms with Crippen molar-refractivity contribution >= 4 is 27.5 Å². The third-order valence-electron chi connectivity index (χ3n) is 3.45. The minimum atomic E-state index is -0.336. The number of hydrogen-bond donors (Lipinski definition) is 1. The summed E-state index contributed by atoms with van der Waals surface area (Å²) >= 11 is 9.18. The molecule has 0 spiro atoms. The molecule has 1 N–H and O–H groups in total. The van der Waals surface area contributed by atoms with E-state index >= 15 is 0 Å². The van der Waals surface area contributed by atoms with Gasteiger partial charge in [-0.3, -0.25) is 0 Å². The Bertz CT molecular complexity index is 424. The average Bonchev–Trinajstić information content (AvgIpc) is 2.41. The van der Waals surface area contributed by atoms with E-state index in [2.05, 4.69) is 21.2 Å². The van der Waals surface area contributed by atoms with Crippen molar-refractivity contribution in [3.63, 3.8) is 0 Å². The summed E-state index contributed by atoms with van der Waals surface area (Å²) in [4.78, 5) is 0. The van der Waals surface area contributed by atoms with Crippen molar-refractivity contribution in [2.45, 2.75) is 18.9 Å². The molecule has 0 aromatic heterocycles. The van der Waals surface area contributed by atoms with E-state index in [1.54, 1.807) is 12.1 Å². The summed E-state index contributed by atoms with van der Waals surface area (Å²) < 4.78 is 20.2. The Balaban J connectivity index is 2.29. The molecule has 1 aliphatic heterocycles. The molecule has 0 saturated carbocycles. The largest absolute Gasteiger partial charge is 0.381 e. The second-order valence-electron chi connectivity index (χ2n) is 4.48. The highest BCUT2D eigenvalue weighted by molar-refractivity contribution is 9.10. The molecule has 1 saturated heterocycles. The molecule has 0 amide bonds. The summed E-state index contributed by atoms with van der Waals surface area (Å²) in [6, 6.07) is 3.58. The maximum absolute atomic E-state index is 14.2. The summed E-state index contributed by atoms with van der Waals surface area (Å²) in [6.45, 7) is 1.49. The molecule has 100 valence electrons. The molecule has 1 aliphatic rings. The Hall–Kier alpha value is -0.160. The first kappa shape index (κ1) is 14.3. The third-order valence-corrected chi connectivity index (χ3v) is 4.71. The number of nitrogens with one attached hydrogen (secondary N) is 1. The van der Waals surface area contributed by atoms with Crippen molar-refractivity contribution in [2.24, 2.45) is 5.92 Å². The number of hydrogen-bond acceptors (Lipinski definition) is 2. The normalized spacial score (nSPS) is 18.9. The maximum atomic E-state index is 14.2. The predicted molar refractivity (Wildman–Crippen MR) is 74.5 cm³/mol. The molecule has 2 rings (SSSR count). The van der Waals surface area contributed by atoms with Crippen LogP contribution in [-0.2, 0) is 4.74 Å². The van der Waals surface area contributed by atoms with Crippen LogP contribution in [0.3, 0.4) is 0 Å². The first-order valence-electron chi connectivity index (χ1n) is 6.03. The lowest BCUT2D eigenvalue weighted by Gasteiger charge is -2.30. The quantitative estimate of drug-likeness (QED) is 0.845. The van der Waals surface area contributed by atoms with Gasteiger partial charge in [-0.25, -0.2) is 4.39 Å². The van der Waals surface area contributed by atoms with E-state index in [0.717, 1.165) is 26.1 Å². The smallest absolute Gasteiger partial charge is 0.147 e. The number of halogens is 3. The van der Waals surface area contributed by atoms with Crippen LogP contribution in [0.1, 0.15) is 24.4 Å². The van der Waals surface area contributed by atoms with Crippen LogP contribution in [-0.4, -0.2) is 20.3 Å². The standard InChI is InChI=1S/C13H16BrClFNO/c1-17-13(8-4-6-18-7-5-8)9-2-3-10(14)11(15)12(9)16/h2-3,8,13,17H,4-7H2,1H3. The van der Waals surface area contributed by atoms with Crippen molar-refractivity contribution in [1.29, 1.82) is 0 Å². The van der Waals surface area contributed by atoms with E-state index in [1.165, 1.54) is 0 Å². The van der Waals surface area contributed by atoms with Crippen LogP contribution >= 0.6 is 27.5 Å². The van der Waals surface area contributed by atoms with Gasteiger partial charge in [0.05, 0.1) is 5.02 Å². The van der Waals surface area contributed by atoms with Gasteiger partial charge in [0.25, 0.3) is 0 Å².